The summed E-state index contributed by atoms with van der Waals surface area (Å²) in [5.74, 6) is -0.324. The summed E-state index contributed by atoms with van der Waals surface area (Å²) in [5, 5.41) is 0. The van der Waals surface area contributed by atoms with Crippen LogP contribution in [-0.4, -0.2) is 49.9 Å². The summed E-state index contributed by atoms with van der Waals surface area (Å²) in [6, 6.07) is 0. The Bertz CT molecular complexity index is 742. The van der Waals surface area contributed by atoms with Crippen molar-refractivity contribution >= 4 is 13.8 Å². The molecule has 0 radical (unpaired) electrons. The number of carbonyl (C=O) groups excluding carboxylic acids is 1. The number of ether oxygens (including phenoxy) is 2. The van der Waals surface area contributed by atoms with Crippen LogP contribution < -0.4 is 5.73 Å². The van der Waals surface area contributed by atoms with Crippen LogP contribution in [0.25, 0.3) is 0 Å². The lowest BCUT2D eigenvalue weighted by Crippen LogP contribution is -2.28. The average molecular weight is 734 g/mol. The molecule has 2 unspecified atom stereocenters. The van der Waals surface area contributed by atoms with E-state index >= 15 is 0 Å². The maximum absolute atomic E-state index is 12.6. The molecule has 0 aromatic rings. The fourth-order valence-corrected chi connectivity index (χ4v) is 7.12. The molecule has 0 fully saturated rings. The van der Waals surface area contributed by atoms with Crippen molar-refractivity contribution in [1.29, 1.82) is 0 Å². The van der Waals surface area contributed by atoms with Crippen LogP contribution in [0.15, 0.2) is 0 Å². The van der Waals surface area contributed by atoms with Crippen LogP contribution in [0.4, 0.5) is 0 Å². The first-order valence-electron chi connectivity index (χ1n) is 21.5. The Hall–Kier alpha value is -0.500. The number of rotatable bonds is 42. The van der Waals surface area contributed by atoms with Crippen LogP contribution in [0.2, 0.25) is 0 Å². The van der Waals surface area contributed by atoms with Crippen molar-refractivity contribution in [3.63, 3.8) is 0 Å². The molecule has 0 saturated carbocycles. The van der Waals surface area contributed by atoms with E-state index < -0.39 is 13.9 Å². The first kappa shape index (κ1) is 49.5. The van der Waals surface area contributed by atoms with Gasteiger partial charge < -0.3 is 20.1 Å². The largest absolute Gasteiger partial charge is 0.472 e. The fourth-order valence-electron chi connectivity index (χ4n) is 6.35. The summed E-state index contributed by atoms with van der Waals surface area (Å²) < 4.78 is 33.4. The van der Waals surface area contributed by atoms with Crippen LogP contribution in [0.5, 0.6) is 0 Å². The van der Waals surface area contributed by atoms with Crippen molar-refractivity contribution in [2.24, 2.45) is 5.73 Å². The quantitative estimate of drug-likeness (QED) is 0.0362. The summed E-state index contributed by atoms with van der Waals surface area (Å²) in [5.41, 5.74) is 5.37. The highest BCUT2D eigenvalue weighted by atomic mass is 31.2. The number of hydrogen-bond donors (Lipinski definition) is 2. The van der Waals surface area contributed by atoms with Crippen molar-refractivity contribution in [3.8, 4) is 0 Å². The van der Waals surface area contributed by atoms with Gasteiger partial charge in [-0.15, -0.1) is 0 Å². The maximum atomic E-state index is 12.6. The normalized spacial score (nSPS) is 13.4. The lowest BCUT2D eigenvalue weighted by atomic mass is 10.0. The topological polar surface area (TPSA) is 117 Å². The number of phosphoric acid groups is 1. The van der Waals surface area contributed by atoms with Gasteiger partial charge in [-0.1, -0.05) is 200 Å². The minimum atomic E-state index is -4.27. The van der Waals surface area contributed by atoms with Gasteiger partial charge in [0.15, 0.2) is 0 Å². The fraction of sp³-hybridized carbons (Fsp3) is 0.976. The first-order valence-corrected chi connectivity index (χ1v) is 23.0. The molecule has 0 rings (SSSR count). The van der Waals surface area contributed by atoms with Gasteiger partial charge in [0.05, 0.1) is 19.8 Å². The molecule has 50 heavy (non-hydrogen) atoms. The Balaban J connectivity index is 3.97. The third kappa shape index (κ3) is 38.7. The molecule has 0 bridgehead atoms. The van der Waals surface area contributed by atoms with Gasteiger partial charge in [0.25, 0.3) is 0 Å². The van der Waals surface area contributed by atoms with E-state index in [1.807, 2.05) is 0 Å². The van der Waals surface area contributed by atoms with Gasteiger partial charge in [0.2, 0.25) is 0 Å². The van der Waals surface area contributed by atoms with Crippen molar-refractivity contribution in [2.45, 2.75) is 225 Å². The van der Waals surface area contributed by atoms with E-state index in [2.05, 4.69) is 13.8 Å². The molecule has 0 aliphatic heterocycles. The minimum absolute atomic E-state index is 0.0901. The molecule has 3 N–H and O–H groups in total. The summed E-state index contributed by atoms with van der Waals surface area (Å²) in [6.07, 6.45) is 39.7. The van der Waals surface area contributed by atoms with Gasteiger partial charge in [-0.2, -0.15) is 0 Å². The summed E-state index contributed by atoms with van der Waals surface area (Å²) in [7, 11) is -4.27. The highest BCUT2D eigenvalue weighted by Gasteiger charge is 2.25. The van der Waals surface area contributed by atoms with Gasteiger partial charge in [0.1, 0.15) is 6.10 Å². The third-order valence-corrected chi connectivity index (χ3v) is 10.5. The molecule has 0 saturated heterocycles. The van der Waals surface area contributed by atoms with Gasteiger partial charge in [-0.3, -0.25) is 13.8 Å². The standard InChI is InChI=1S/C41H84NO7P/c1-3-5-7-9-11-13-15-17-19-20-21-22-24-26-28-30-32-34-41(43)49-40(39-48-50(44,45)47-37-35-42)38-46-36-33-31-29-27-25-23-18-16-14-12-10-8-6-4-2/h40H,3-39,42H2,1-2H3,(H,44,45). The summed E-state index contributed by atoms with van der Waals surface area (Å²) in [6.45, 7) is 4.98. The Morgan fingerprint density at radius 3 is 1.26 bits per heavy atom. The number of phosphoric ester groups is 1. The second kappa shape index (κ2) is 39.7. The van der Waals surface area contributed by atoms with E-state index in [1.165, 1.54) is 167 Å². The molecule has 0 aromatic heterocycles. The van der Waals surface area contributed by atoms with E-state index in [0.717, 1.165) is 32.1 Å². The van der Waals surface area contributed by atoms with Crippen molar-refractivity contribution in [3.05, 3.63) is 0 Å². The smallest absolute Gasteiger partial charge is 0.457 e. The molecule has 0 heterocycles. The zero-order valence-electron chi connectivity index (χ0n) is 33.2. The monoisotopic (exact) mass is 734 g/mol. The van der Waals surface area contributed by atoms with Crippen LogP contribution in [-0.2, 0) is 27.9 Å². The average Bonchev–Trinajstić information content (AvgIpc) is 3.10. The van der Waals surface area contributed by atoms with E-state index in [-0.39, 0.29) is 32.3 Å². The van der Waals surface area contributed by atoms with Gasteiger partial charge in [-0.05, 0) is 12.8 Å². The Labute approximate surface area is 310 Å². The summed E-state index contributed by atoms with van der Waals surface area (Å²) >= 11 is 0. The molecule has 8 nitrogen and oxygen atoms in total. The molecule has 9 heteroatoms. The van der Waals surface area contributed by atoms with E-state index in [0.29, 0.717) is 13.0 Å². The lowest BCUT2D eigenvalue weighted by Gasteiger charge is -2.20. The van der Waals surface area contributed by atoms with E-state index in [9.17, 15) is 14.3 Å². The van der Waals surface area contributed by atoms with Crippen LogP contribution in [0, 0.1) is 0 Å². The predicted molar refractivity (Wildman–Crippen MR) is 211 cm³/mol. The highest BCUT2D eigenvalue weighted by Crippen LogP contribution is 2.43. The number of unbranched alkanes of at least 4 members (excludes halogenated alkanes) is 29. The highest BCUT2D eigenvalue weighted by molar-refractivity contribution is 7.47. The molecule has 0 spiro atoms. The molecule has 0 aliphatic rings. The van der Waals surface area contributed by atoms with Gasteiger partial charge in [-0.25, -0.2) is 4.57 Å². The van der Waals surface area contributed by atoms with Crippen LogP contribution >= 0.6 is 7.82 Å². The lowest BCUT2D eigenvalue weighted by molar-refractivity contribution is -0.154. The molecule has 0 aromatic carbocycles. The van der Waals surface area contributed by atoms with Crippen LogP contribution in [0.3, 0.4) is 0 Å². The second-order valence-corrected chi connectivity index (χ2v) is 16.0. The maximum Gasteiger partial charge on any atom is 0.472 e. The molecule has 0 aliphatic carbocycles. The van der Waals surface area contributed by atoms with E-state index in [4.69, 9.17) is 24.3 Å². The third-order valence-electron chi connectivity index (χ3n) is 9.52. The summed E-state index contributed by atoms with van der Waals surface area (Å²) in [4.78, 5) is 22.5. The number of hydrogen-bond acceptors (Lipinski definition) is 7. The molecular weight excluding hydrogens is 649 g/mol. The Morgan fingerprint density at radius 1 is 0.520 bits per heavy atom. The Morgan fingerprint density at radius 2 is 0.880 bits per heavy atom. The zero-order chi connectivity index (χ0) is 36.6. The minimum Gasteiger partial charge on any atom is -0.457 e. The van der Waals surface area contributed by atoms with Crippen LogP contribution in [0.1, 0.15) is 219 Å². The van der Waals surface area contributed by atoms with Gasteiger partial charge in [0, 0.05) is 19.6 Å². The van der Waals surface area contributed by atoms with Gasteiger partial charge >= 0.3 is 13.8 Å². The van der Waals surface area contributed by atoms with Crippen molar-refractivity contribution in [1.82, 2.24) is 0 Å². The molecule has 0 amide bonds. The number of nitrogens with two attached hydrogens (primary N) is 1. The first-order chi connectivity index (χ1) is 24.4. The SMILES string of the molecule is CCCCCCCCCCCCCCCCCCCC(=O)OC(COCCCCCCCCCCCCCCCC)COP(=O)(O)OCCN. The predicted octanol–water partition coefficient (Wildman–Crippen LogP) is 12.5. The number of carbonyl (C=O) groups is 1. The zero-order valence-corrected chi connectivity index (χ0v) is 34.1. The molecule has 300 valence electrons. The Kier molecular flexibility index (Phi) is 39.3. The second-order valence-electron chi connectivity index (χ2n) is 14.6. The number of esters is 1. The van der Waals surface area contributed by atoms with Crippen molar-refractivity contribution < 1.29 is 32.8 Å². The van der Waals surface area contributed by atoms with Crippen molar-refractivity contribution in [2.75, 3.05) is 33.0 Å². The molecular formula is C41H84NO7P. The van der Waals surface area contributed by atoms with E-state index in [1.54, 1.807) is 0 Å². The molecule has 2 atom stereocenters.